The minimum absolute atomic E-state index is 0.221. The van der Waals surface area contributed by atoms with Gasteiger partial charge in [0.15, 0.2) is 5.65 Å². The molecule has 0 atom stereocenters. The average Bonchev–Trinajstić information content (AvgIpc) is 3.41. The molecule has 0 aromatic carbocycles. The van der Waals surface area contributed by atoms with Gasteiger partial charge in [0.25, 0.3) is 0 Å². The second-order valence-electron chi connectivity index (χ2n) is 8.04. The molecule has 4 aromatic rings. The molecule has 5 rings (SSSR count). The van der Waals surface area contributed by atoms with E-state index in [-0.39, 0.29) is 11.5 Å². The van der Waals surface area contributed by atoms with Gasteiger partial charge in [0.1, 0.15) is 11.8 Å². The molecule has 1 aliphatic carbocycles. The number of aromatic nitrogens is 6. The molecule has 0 spiro atoms. The van der Waals surface area contributed by atoms with E-state index in [0.717, 1.165) is 48.0 Å². The lowest BCUT2D eigenvalue weighted by Gasteiger charge is -2.32. The lowest BCUT2D eigenvalue weighted by Crippen LogP contribution is -2.31. The fourth-order valence-electron chi connectivity index (χ4n) is 4.10. The molecule has 1 aliphatic rings. The van der Waals surface area contributed by atoms with Gasteiger partial charge in [-0.05, 0) is 50.8 Å². The summed E-state index contributed by atoms with van der Waals surface area (Å²) in [4.78, 5) is 8.81. The molecule has 4 aromatic heterocycles. The van der Waals surface area contributed by atoms with Crippen LogP contribution in [0.15, 0.2) is 36.9 Å². The van der Waals surface area contributed by atoms with Gasteiger partial charge in [-0.3, -0.25) is 0 Å². The van der Waals surface area contributed by atoms with E-state index in [1.54, 1.807) is 16.1 Å². The zero-order valence-electron chi connectivity index (χ0n) is 16.9. The van der Waals surface area contributed by atoms with Crippen LogP contribution in [0.4, 0.5) is 5.95 Å². The summed E-state index contributed by atoms with van der Waals surface area (Å²) in [5, 5.41) is 21.6. The molecular formula is C21H22N8O. The molecule has 0 unspecified atom stereocenters. The maximum Gasteiger partial charge on any atom is 0.244 e. The first kappa shape index (κ1) is 18.4. The van der Waals surface area contributed by atoms with Crippen molar-refractivity contribution in [2.45, 2.75) is 38.6 Å². The minimum Gasteiger partial charge on any atom is -0.479 e. The number of pyridine rings is 1. The van der Waals surface area contributed by atoms with Crippen LogP contribution in [0.1, 0.15) is 32.6 Å². The van der Waals surface area contributed by atoms with Crippen molar-refractivity contribution >= 4 is 17.1 Å². The average molecular weight is 402 g/mol. The van der Waals surface area contributed by atoms with Crippen LogP contribution in [0.2, 0.25) is 0 Å². The van der Waals surface area contributed by atoms with E-state index in [9.17, 15) is 5.26 Å². The Morgan fingerprint density at radius 2 is 2.07 bits per heavy atom. The van der Waals surface area contributed by atoms with Crippen molar-refractivity contribution in [3.8, 4) is 23.1 Å². The predicted molar refractivity (Wildman–Crippen MR) is 111 cm³/mol. The monoisotopic (exact) mass is 402 g/mol. The third-order valence-electron chi connectivity index (χ3n) is 5.95. The van der Waals surface area contributed by atoms with Crippen LogP contribution in [0, 0.1) is 16.7 Å². The minimum atomic E-state index is -0.221. The highest BCUT2D eigenvalue weighted by molar-refractivity contribution is 5.84. The van der Waals surface area contributed by atoms with Crippen molar-refractivity contribution in [1.82, 2.24) is 29.2 Å². The molecule has 1 N–H and O–H groups in total. The standard InChI is InChI=1S/C21H22N8O/c1-21(12-22)8-5-15(6-9-21)25-20-26-19(30-2)18-16(7-10-28(18)27-20)14-3-4-17-23-13-24-29(17)11-14/h3-4,7,10-11,13,15H,5-6,8-9H2,1-2H3,(H,25,27)/t15-,21+. The number of methoxy groups -OCH3 is 1. The summed E-state index contributed by atoms with van der Waals surface area (Å²) in [5.41, 5.74) is 3.29. The lowest BCUT2D eigenvalue weighted by molar-refractivity contribution is 0.279. The number of nitriles is 1. The Kier molecular flexibility index (Phi) is 4.28. The van der Waals surface area contributed by atoms with Gasteiger partial charge in [-0.2, -0.15) is 15.3 Å². The number of anilines is 1. The molecule has 1 saturated carbocycles. The first-order valence-electron chi connectivity index (χ1n) is 9.99. The molecule has 1 fully saturated rings. The van der Waals surface area contributed by atoms with Gasteiger partial charge < -0.3 is 10.1 Å². The third kappa shape index (κ3) is 3.10. The van der Waals surface area contributed by atoms with Gasteiger partial charge in [0, 0.05) is 29.6 Å². The van der Waals surface area contributed by atoms with Gasteiger partial charge in [-0.1, -0.05) is 0 Å². The zero-order valence-corrected chi connectivity index (χ0v) is 16.9. The fourth-order valence-corrected chi connectivity index (χ4v) is 4.10. The van der Waals surface area contributed by atoms with E-state index in [0.29, 0.717) is 11.8 Å². The van der Waals surface area contributed by atoms with Crippen LogP contribution in [-0.4, -0.2) is 42.3 Å². The Morgan fingerprint density at radius 1 is 1.23 bits per heavy atom. The number of nitrogens with zero attached hydrogens (tertiary/aromatic N) is 7. The van der Waals surface area contributed by atoms with Crippen molar-refractivity contribution in [2.75, 3.05) is 12.4 Å². The lowest BCUT2D eigenvalue weighted by atomic mass is 9.75. The molecule has 0 radical (unpaired) electrons. The van der Waals surface area contributed by atoms with Crippen LogP contribution in [0.25, 0.3) is 22.3 Å². The van der Waals surface area contributed by atoms with Crippen molar-refractivity contribution in [3.63, 3.8) is 0 Å². The highest BCUT2D eigenvalue weighted by atomic mass is 16.5. The highest BCUT2D eigenvalue weighted by Crippen LogP contribution is 2.36. The van der Waals surface area contributed by atoms with Crippen LogP contribution < -0.4 is 10.1 Å². The van der Waals surface area contributed by atoms with E-state index in [4.69, 9.17) is 4.74 Å². The Balaban J connectivity index is 1.46. The van der Waals surface area contributed by atoms with Crippen molar-refractivity contribution in [3.05, 3.63) is 36.9 Å². The summed E-state index contributed by atoms with van der Waals surface area (Å²) in [6.45, 7) is 2.03. The molecule has 9 heteroatoms. The summed E-state index contributed by atoms with van der Waals surface area (Å²) in [7, 11) is 1.61. The quantitative estimate of drug-likeness (QED) is 0.558. The number of hydrogen-bond acceptors (Lipinski definition) is 7. The van der Waals surface area contributed by atoms with Crippen LogP contribution in [-0.2, 0) is 0 Å². The van der Waals surface area contributed by atoms with Gasteiger partial charge in [0.05, 0.1) is 18.6 Å². The molecular weight excluding hydrogens is 380 g/mol. The van der Waals surface area contributed by atoms with Crippen LogP contribution >= 0.6 is 0 Å². The van der Waals surface area contributed by atoms with Crippen molar-refractivity contribution < 1.29 is 4.74 Å². The molecule has 4 heterocycles. The Bertz CT molecular complexity index is 1260. The molecule has 0 amide bonds. The number of fused-ring (bicyclic) bond motifs is 2. The van der Waals surface area contributed by atoms with Gasteiger partial charge in [-0.25, -0.2) is 14.0 Å². The second-order valence-corrected chi connectivity index (χ2v) is 8.04. The number of hydrogen-bond donors (Lipinski definition) is 1. The maximum atomic E-state index is 9.33. The number of ether oxygens (including phenoxy) is 1. The maximum absolute atomic E-state index is 9.33. The number of rotatable bonds is 4. The van der Waals surface area contributed by atoms with Crippen LogP contribution in [0.3, 0.4) is 0 Å². The van der Waals surface area contributed by atoms with Crippen molar-refractivity contribution in [2.24, 2.45) is 5.41 Å². The number of nitrogens with one attached hydrogen (secondary N) is 1. The summed E-state index contributed by atoms with van der Waals surface area (Å²) >= 11 is 0. The summed E-state index contributed by atoms with van der Waals surface area (Å²) in [6, 6.07) is 8.61. The largest absolute Gasteiger partial charge is 0.479 e. The third-order valence-corrected chi connectivity index (χ3v) is 5.95. The first-order chi connectivity index (χ1) is 14.6. The molecule has 0 bridgehead atoms. The Hall–Kier alpha value is -3.67. The summed E-state index contributed by atoms with van der Waals surface area (Å²) in [6.07, 6.45) is 8.95. The van der Waals surface area contributed by atoms with Crippen LogP contribution in [0.5, 0.6) is 5.88 Å². The van der Waals surface area contributed by atoms with Gasteiger partial charge in [0.2, 0.25) is 11.8 Å². The molecule has 9 nitrogen and oxygen atoms in total. The van der Waals surface area contributed by atoms with Crippen molar-refractivity contribution in [1.29, 1.82) is 5.26 Å². The fraction of sp³-hybridized carbons (Fsp3) is 0.381. The Labute approximate surface area is 173 Å². The smallest absolute Gasteiger partial charge is 0.244 e. The molecule has 0 aliphatic heterocycles. The Morgan fingerprint density at radius 3 is 2.83 bits per heavy atom. The van der Waals surface area contributed by atoms with E-state index in [2.05, 4.69) is 31.6 Å². The van der Waals surface area contributed by atoms with E-state index >= 15 is 0 Å². The van der Waals surface area contributed by atoms with E-state index < -0.39 is 0 Å². The molecule has 30 heavy (non-hydrogen) atoms. The normalized spacial score (nSPS) is 21.6. The second kappa shape index (κ2) is 6.99. The topological polar surface area (TPSA) is 105 Å². The van der Waals surface area contributed by atoms with E-state index in [1.807, 2.05) is 37.5 Å². The van der Waals surface area contributed by atoms with Gasteiger partial charge >= 0.3 is 0 Å². The molecule has 152 valence electrons. The summed E-state index contributed by atoms with van der Waals surface area (Å²) < 4.78 is 9.14. The highest BCUT2D eigenvalue weighted by Gasteiger charge is 2.31. The molecule has 0 saturated heterocycles. The van der Waals surface area contributed by atoms with Gasteiger partial charge in [-0.15, -0.1) is 5.10 Å². The summed E-state index contributed by atoms with van der Waals surface area (Å²) in [5.74, 6) is 1.03. The van der Waals surface area contributed by atoms with E-state index in [1.165, 1.54) is 6.33 Å². The predicted octanol–water partition coefficient (Wildman–Crippen LogP) is 3.33. The zero-order chi connectivity index (χ0) is 20.7. The first-order valence-corrected chi connectivity index (χ1v) is 9.99. The SMILES string of the molecule is COc1nc(N[C@H]2CC[C@@](C)(C#N)CC2)nn2ccc(-c3ccc4ncnn4c3)c12.